The summed E-state index contributed by atoms with van der Waals surface area (Å²) in [4.78, 5) is 28.1. The number of hydrogen-bond donors (Lipinski definition) is 1. The zero-order valence-corrected chi connectivity index (χ0v) is 16.0. The van der Waals surface area contributed by atoms with Crippen molar-refractivity contribution >= 4 is 29.1 Å². The average Bonchev–Trinajstić information content (AvgIpc) is 2.68. The van der Waals surface area contributed by atoms with Crippen LogP contribution in [0, 0.1) is 5.82 Å². The second-order valence-electron chi connectivity index (χ2n) is 6.43. The van der Waals surface area contributed by atoms with Gasteiger partial charge >= 0.3 is 0 Å². The van der Waals surface area contributed by atoms with Gasteiger partial charge in [0, 0.05) is 32.2 Å². The Kier molecular flexibility index (Phi) is 6.84. The van der Waals surface area contributed by atoms with Crippen LogP contribution in [0.2, 0.25) is 5.02 Å². The van der Waals surface area contributed by atoms with E-state index in [9.17, 15) is 14.0 Å². The van der Waals surface area contributed by atoms with Crippen LogP contribution in [0.3, 0.4) is 0 Å². The molecule has 1 N–H and O–H groups in total. The predicted molar refractivity (Wildman–Crippen MR) is 105 cm³/mol. The Morgan fingerprint density at radius 2 is 1.82 bits per heavy atom. The Morgan fingerprint density at radius 1 is 1.07 bits per heavy atom. The minimum absolute atomic E-state index is 0.142. The van der Waals surface area contributed by atoms with E-state index in [0.717, 1.165) is 0 Å². The Bertz CT molecular complexity index is 841. The number of carbonyl (C=O) groups excluding carboxylic acids is 2. The summed E-state index contributed by atoms with van der Waals surface area (Å²) >= 11 is 6.04. The van der Waals surface area contributed by atoms with E-state index in [1.165, 1.54) is 18.2 Å². The number of para-hydroxylation sites is 1. The minimum atomic E-state index is -0.409. The molecule has 0 aliphatic carbocycles. The summed E-state index contributed by atoms with van der Waals surface area (Å²) in [6.45, 7) is 2.27. The molecule has 1 saturated heterocycles. The fraction of sp³-hybridized carbons (Fsp3) is 0.300. The Labute approximate surface area is 167 Å². The van der Waals surface area contributed by atoms with Gasteiger partial charge in [-0.2, -0.15) is 0 Å². The summed E-state index contributed by atoms with van der Waals surface area (Å²) in [6, 6.07) is 12.7. The van der Waals surface area contributed by atoms with Crippen LogP contribution in [0.15, 0.2) is 48.5 Å². The van der Waals surface area contributed by atoms with Gasteiger partial charge in [0.15, 0.2) is 6.61 Å². The molecule has 3 rings (SSSR count). The highest BCUT2D eigenvalue weighted by molar-refractivity contribution is 6.33. The first kappa shape index (κ1) is 20.1. The van der Waals surface area contributed by atoms with Crippen molar-refractivity contribution in [3.63, 3.8) is 0 Å². The average molecular weight is 406 g/mol. The Morgan fingerprint density at radius 3 is 2.54 bits per heavy atom. The third-order valence-corrected chi connectivity index (χ3v) is 4.73. The number of piperazine rings is 1. The maximum absolute atomic E-state index is 13.1. The van der Waals surface area contributed by atoms with Crippen LogP contribution in [0.1, 0.15) is 0 Å². The highest BCUT2D eigenvalue weighted by atomic mass is 35.5. The number of benzene rings is 2. The van der Waals surface area contributed by atoms with Crippen molar-refractivity contribution in [1.82, 2.24) is 9.80 Å². The number of amides is 2. The summed E-state index contributed by atoms with van der Waals surface area (Å²) in [5, 5.41) is 3.28. The van der Waals surface area contributed by atoms with E-state index in [0.29, 0.717) is 42.6 Å². The van der Waals surface area contributed by atoms with Crippen LogP contribution < -0.4 is 10.1 Å². The normalized spacial score (nSPS) is 14.6. The van der Waals surface area contributed by atoms with Crippen molar-refractivity contribution in [1.29, 1.82) is 0 Å². The third kappa shape index (κ3) is 5.68. The number of nitrogens with one attached hydrogen (secondary N) is 1. The maximum Gasteiger partial charge on any atom is 0.260 e. The van der Waals surface area contributed by atoms with Gasteiger partial charge in [-0.1, -0.05) is 29.8 Å². The summed E-state index contributed by atoms with van der Waals surface area (Å²) in [5.41, 5.74) is 0.581. The van der Waals surface area contributed by atoms with Gasteiger partial charge in [-0.3, -0.25) is 14.5 Å². The van der Waals surface area contributed by atoms with Crippen molar-refractivity contribution in [3.8, 4) is 5.75 Å². The Balaban J connectivity index is 1.40. The van der Waals surface area contributed by atoms with Crippen LogP contribution in [0.25, 0.3) is 0 Å². The number of halogens is 2. The Hall–Kier alpha value is -2.64. The van der Waals surface area contributed by atoms with E-state index < -0.39 is 5.82 Å². The summed E-state index contributed by atoms with van der Waals surface area (Å²) in [5.74, 6) is -0.399. The molecule has 148 valence electrons. The first-order chi connectivity index (χ1) is 13.5. The quantitative estimate of drug-likeness (QED) is 0.802. The standard InChI is InChI=1S/C20H21ClFN3O3/c21-17-6-1-2-7-18(17)23-19(26)13-24-8-10-25(11-9-24)20(27)14-28-16-5-3-4-15(22)12-16/h1-7,12H,8-11,13-14H2,(H,23,26). The van der Waals surface area contributed by atoms with Gasteiger partial charge in [0.25, 0.3) is 5.91 Å². The van der Waals surface area contributed by atoms with Gasteiger partial charge in [-0.15, -0.1) is 0 Å². The molecule has 28 heavy (non-hydrogen) atoms. The molecule has 2 amide bonds. The van der Waals surface area contributed by atoms with Gasteiger partial charge in [0.2, 0.25) is 5.91 Å². The van der Waals surface area contributed by atoms with E-state index in [-0.39, 0.29) is 25.0 Å². The van der Waals surface area contributed by atoms with Crippen LogP contribution >= 0.6 is 11.6 Å². The van der Waals surface area contributed by atoms with E-state index in [2.05, 4.69) is 5.32 Å². The summed E-state index contributed by atoms with van der Waals surface area (Å²) in [7, 11) is 0. The molecule has 1 aliphatic rings. The molecule has 0 aromatic heterocycles. The van der Waals surface area contributed by atoms with Crippen molar-refractivity contribution in [2.24, 2.45) is 0 Å². The van der Waals surface area contributed by atoms with Gasteiger partial charge in [0.05, 0.1) is 17.3 Å². The summed E-state index contributed by atoms with van der Waals surface area (Å²) in [6.07, 6.45) is 0. The van der Waals surface area contributed by atoms with Crippen LogP contribution in [0.5, 0.6) is 5.75 Å². The van der Waals surface area contributed by atoms with Crippen LogP contribution in [-0.4, -0.2) is 60.9 Å². The monoisotopic (exact) mass is 405 g/mol. The van der Waals surface area contributed by atoms with Gasteiger partial charge in [-0.05, 0) is 24.3 Å². The second kappa shape index (κ2) is 9.52. The van der Waals surface area contributed by atoms with Crippen molar-refractivity contribution in [2.75, 3.05) is 44.6 Å². The first-order valence-electron chi connectivity index (χ1n) is 8.94. The van der Waals surface area contributed by atoms with E-state index in [1.807, 2.05) is 4.90 Å². The number of rotatable bonds is 6. The molecule has 0 radical (unpaired) electrons. The smallest absolute Gasteiger partial charge is 0.260 e. The fourth-order valence-corrected chi connectivity index (χ4v) is 3.09. The predicted octanol–water partition coefficient (Wildman–Crippen LogP) is 2.64. The highest BCUT2D eigenvalue weighted by Gasteiger charge is 2.23. The van der Waals surface area contributed by atoms with Crippen molar-refractivity contribution in [2.45, 2.75) is 0 Å². The number of anilines is 1. The molecule has 1 heterocycles. The van der Waals surface area contributed by atoms with Gasteiger partial charge < -0.3 is 15.0 Å². The van der Waals surface area contributed by atoms with Crippen molar-refractivity contribution in [3.05, 3.63) is 59.4 Å². The first-order valence-corrected chi connectivity index (χ1v) is 9.32. The SMILES string of the molecule is O=C(CN1CCN(C(=O)COc2cccc(F)c2)CC1)Nc1ccccc1Cl. The highest BCUT2D eigenvalue weighted by Crippen LogP contribution is 2.20. The van der Waals surface area contributed by atoms with E-state index in [4.69, 9.17) is 16.3 Å². The van der Waals surface area contributed by atoms with E-state index in [1.54, 1.807) is 35.2 Å². The maximum atomic E-state index is 13.1. The fourth-order valence-electron chi connectivity index (χ4n) is 2.90. The van der Waals surface area contributed by atoms with Crippen LogP contribution in [0.4, 0.5) is 10.1 Å². The molecule has 0 atom stereocenters. The third-order valence-electron chi connectivity index (χ3n) is 4.40. The molecule has 0 saturated carbocycles. The van der Waals surface area contributed by atoms with Gasteiger partial charge in [0.1, 0.15) is 11.6 Å². The number of hydrogen-bond acceptors (Lipinski definition) is 4. The molecule has 6 nitrogen and oxygen atoms in total. The molecule has 0 spiro atoms. The van der Waals surface area contributed by atoms with Crippen LogP contribution in [-0.2, 0) is 9.59 Å². The molecular formula is C20H21ClFN3O3. The number of carbonyl (C=O) groups is 2. The van der Waals surface area contributed by atoms with Crippen molar-refractivity contribution < 1.29 is 18.7 Å². The molecular weight excluding hydrogens is 385 g/mol. The lowest BCUT2D eigenvalue weighted by molar-refractivity contribution is -0.135. The molecule has 0 bridgehead atoms. The van der Waals surface area contributed by atoms with E-state index >= 15 is 0 Å². The molecule has 2 aromatic carbocycles. The molecule has 8 heteroatoms. The number of nitrogens with zero attached hydrogens (tertiary/aromatic N) is 2. The lowest BCUT2D eigenvalue weighted by atomic mass is 10.3. The second-order valence-corrected chi connectivity index (χ2v) is 6.84. The molecule has 0 unspecified atom stereocenters. The minimum Gasteiger partial charge on any atom is -0.484 e. The largest absolute Gasteiger partial charge is 0.484 e. The lowest BCUT2D eigenvalue weighted by Gasteiger charge is -2.34. The number of ether oxygens (including phenoxy) is 1. The summed E-state index contributed by atoms with van der Waals surface area (Å²) < 4.78 is 18.5. The molecule has 2 aromatic rings. The topological polar surface area (TPSA) is 61.9 Å². The zero-order valence-electron chi connectivity index (χ0n) is 15.2. The van der Waals surface area contributed by atoms with Gasteiger partial charge in [-0.25, -0.2) is 4.39 Å². The molecule has 1 fully saturated rings. The molecule has 1 aliphatic heterocycles. The zero-order chi connectivity index (χ0) is 19.9. The lowest BCUT2D eigenvalue weighted by Crippen LogP contribution is -2.51.